The number of benzene rings is 4. The van der Waals surface area contributed by atoms with E-state index >= 15 is 0 Å². The summed E-state index contributed by atoms with van der Waals surface area (Å²) in [5, 5.41) is 0. The fourth-order valence-corrected chi connectivity index (χ4v) is 22.9. The van der Waals surface area contributed by atoms with E-state index in [4.69, 9.17) is 25.9 Å². The van der Waals surface area contributed by atoms with Crippen LogP contribution < -0.4 is 0 Å². The summed E-state index contributed by atoms with van der Waals surface area (Å²) in [6.07, 6.45) is 4.51. The van der Waals surface area contributed by atoms with Crippen LogP contribution in [0, 0.1) is 25.5 Å². The van der Waals surface area contributed by atoms with Crippen molar-refractivity contribution >= 4 is 46.2 Å². The summed E-state index contributed by atoms with van der Waals surface area (Å²) in [5.41, 5.74) is 11.1. The molecule has 8 heteroatoms. The minimum absolute atomic E-state index is 0.0745. The molecule has 249 valence electrons. The van der Waals surface area contributed by atoms with Crippen LogP contribution in [0.4, 0.5) is 8.78 Å². The fourth-order valence-electron chi connectivity index (χ4n) is 7.72. The molecule has 2 heterocycles. The van der Waals surface area contributed by atoms with Gasteiger partial charge in [0.1, 0.15) is 0 Å². The summed E-state index contributed by atoms with van der Waals surface area (Å²) in [7, 11) is 14.4. The molecule has 0 fully saturated rings. The molecule has 50 heavy (non-hydrogen) atoms. The van der Waals surface area contributed by atoms with Crippen molar-refractivity contribution in [3.8, 4) is 22.3 Å². The molecule has 0 N–H and O–H groups in total. The van der Waals surface area contributed by atoms with Crippen LogP contribution in [0.5, 0.6) is 0 Å². The van der Waals surface area contributed by atoms with E-state index in [1.807, 2.05) is 50.2 Å². The topological polar surface area (TPSA) is 26.3 Å². The number of aryl methyl sites for hydroxylation is 2. The summed E-state index contributed by atoms with van der Waals surface area (Å²) < 4.78 is 40.3. The molecular formula is C42H33Cl2F2O2SiZr. The predicted molar refractivity (Wildman–Crippen MR) is 200 cm³/mol. The van der Waals surface area contributed by atoms with Crippen molar-refractivity contribution in [3.63, 3.8) is 0 Å². The quantitative estimate of drug-likeness (QED) is 0.136. The Balaban J connectivity index is 1.19. The van der Waals surface area contributed by atoms with Crippen molar-refractivity contribution in [2.45, 2.75) is 37.8 Å². The fraction of sp³-hybridized carbons (Fsp3) is 0.143. The van der Waals surface area contributed by atoms with Gasteiger partial charge < -0.3 is 0 Å². The average Bonchev–Trinajstić information content (AvgIpc) is 3.90. The molecule has 2 atom stereocenters. The number of hydrogen-bond donors (Lipinski definition) is 0. The van der Waals surface area contributed by atoms with Gasteiger partial charge in [-0.25, -0.2) is 0 Å². The first-order valence-electron chi connectivity index (χ1n) is 16.8. The third kappa shape index (κ3) is 6.41. The first kappa shape index (κ1) is 33.6. The second-order valence-electron chi connectivity index (χ2n) is 13.2. The number of furan rings is 2. The molecule has 0 radical (unpaired) electrons. The van der Waals surface area contributed by atoms with Crippen molar-refractivity contribution in [2.75, 3.05) is 0 Å². The van der Waals surface area contributed by atoms with Gasteiger partial charge in [0.15, 0.2) is 0 Å². The Bertz CT molecular complexity index is 2110. The van der Waals surface area contributed by atoms with Gasteiger partial charge in [-0.2, -0.15) is 0 Å². The van der Waals surface area contributed by atoms with Gasteiger partial charge in [0.2, 0.25) is 0 Å². The molecule has 0 saturated heterocycles. The normalized spacial score (nSPS) is 16.9. The van der Waals surface area contributed by atoms with Gasteiger partial charge in [0.05, 0.1) is 0 Å². The third-order valence-electron chi connectivity index (χ3n) is 10.1. The molecule has 0 aliphatic heterocycles. The molecule has 2 nitrogen and oxygen atoms in total. The molecule has 0 saturated carbocycles. The standard InChI is InChI=1S/C42H33F2O2Si.2ClH.Zr/c1-25-9-19-41(45-25)37-21-35-31(27-11-15-29(43)16-12-27)5-3-7-33(35)39(37)23-47-24-40-34-8-4-6-32(28-13-17-30(44)18-14-28)36(34)22-38(40)42-20-10-26(2)46-42;;;/h3-22,39-40,47H,23-24H2,1-2H3;2*1H;/q;;;+2/p-2. The first-order chi connectivity index (χ1) is 24.2. The Kier molecular flexibility index (Phi) is 9.33. The molecule has 0 amide bonds. The van der Waals surface area contributed by atoms with Crippen LogP contribution in [0.1, 0.15) is 57.1 Å². The number of allylic oxidation sites excluding steroid dienone is 2. The maximum atomic E-state index is 13.9. The predicted octanol–water partition coefficient (Wildman–Crippen LogP) is 12.7. The zero-order chi connectivity index (χ0) is 34.5. The van der Waals surface area contributed by atoms with E-state index in [0.29, 0.717) is 0 Å². The van der Waals surface area contributed by atoms with Crippen LogP contribution in [0.25, 0.3) is 45.6 Å². The van der Waals surface area contributed by atoms with Gasteiger partial charge in [-0.1, -0.05) is 0 Å². The second kappa shape index (κ2) is 13.9. The molecule has 2 aliphatic rings. The number of fused-ring (bicyclic) bond motifs is 2. The Hall–Kier alpha value is -3.54. The van der Waals surface area contributed by atoms with Crippen molar-refractivity contribution in [3.05, 3.63) is 166 Å². The Morgan fingerprint density at radius 1 is 0.580 bits per heavy atom. The van der Waals surface area contributed by atoms with Gasteiger partial charge in [0.25, 0.3) is 0 Å². The number of rotatable bonds is 9. The summed E-state index contributed by atoms with van der Waals surface area (Å²) in [4.78, 5) is 0. The molecule has 0 bridgehead atoms. The summed E-state index contributed by atoms with van der Waals surface area (Å²) in [6.45, 7) is 3.93. The average molecular weight is 798 g/mol. The van der Waals surface area contributed by atoms with E-state index in [0.717, 1.165) is 79.7 Å². The molecule has 4 aromatic carbocycles. The van der Waals surface area contributed by atoms with Crippen LogP contribution in [-0.2, 0) is 18.5 Å². The van der Waals surface area contributed by atoms with E-state index in [9.17, 15) is 8.78 Å². The van der Waals surface area contributed by atoms with Crippen LogP contribution in [-0.4, -0.2) is 5.92 Å². The molecule has 2 unspecified atom stereocenters. The zero-order valence-electron chi connectivity index (χ0n) is 27.5. The number of hydrogen-bond acceptors (Lipinski definition) is 2. The Morgan fingerprint density at radius 2 is 1.00 bits per heavy atom. The van der Waals surface area contributed by atoms with Crippen molar-refractivity contribution < 1.29 is 36.1 Å². The second-order valence-corrected chi connectivity index (χ2v) is 36.7. The molecular weight excluding hydrogens is 765 g/mol. The molecule has 2 aromatic heterocycles. The van der Waals surface area contributed by atoms with Gasteiger partial charge in [-0.3, -0.25) is 0 Å². The Labute approximate surface area is 306 Å². The summed E-state index contributed by atoms with van der Waals surface area (Å²) in [6, 6.07) is 36.1. The molecule has 0 spiro atoms. The SMILES string of the molecule is Cc1ccc(C2=Cc3c(-c4ccc(F)cc4)cccc3C2C[SiH](CC2C(c3ccc(C)o3)=Cc3c(-c4ccc(F)cc4)cccc32)[Zr]([Cl])[Cl])o1. The summed E-state index contributed by atoms with van der Waals surface area (Å²) >= 11 is -2.80. The van der Waals surface area contributed by atoms with Gasteiger partial charge >= 0.3 is 309 Å². The van der Waals surface area contributed by atoms with Crippen molar-refractivity contribution in [1.29, 1.82) is 0 Å². The van der Waals surface area contributed by atoms with Crippen molar-refractivity contribution in [2.24, 2.45) is 0 Å². The monoisotopic (exact) mass is 795 g/mol. The number of halogens is 4. The third-order valence-corrected chi connectivity index (χ3v) is 31.8. The first-order valence-corrected chi connectivity index (χ1v) is 29.6. The van der Waals surface area contributed by atoms with Crippen LogP contribution in [0.2, 0.25) is 12.1 Å². The van der Waals surface area contributed by atoms with Crippen LogP contribution in [0.15, 0.2) is 118 Å². The van der Waals surface area contributed by atoms with Crippen LogP contribution >= 0.6 is 17.0 Å². The zero-order valence-corrected chi connectivity index (χ0v) is 32.6. The van der Waals surface area contributed by atoms with Crippen LogP contribution in [0.3, 0.4) is 0 Å². The van der Waals surface area contributed by atoms with Gasteiger partial charge in [-0.15, -0.1) is 0 Å². The molecule has 8 rings (SSSR count). The minimum atomic E-state index is -2.80. The van der Waals surface area contributed by atoms with E-state index in [1.54, 1.807) is 0 Å². The van der Waals surface area contributed by atoms with Crippen molar-refractivity contribution in [1.82, 2.24) is 0 Å². The molecule has 2 aliphatic carbocycles. The van der Waals surface area contributed by atoms with E-state index in [1.165, 1.54) is 35.4 Å². The maximum absolute atomic E-state index is 13.9. The summed E-state index contributed by atoms with van der Waals surface area (Å²) in [5.74, 6) is 1.30. The van der Waals surface area contributed by atoms with Gasteiger partial charge in [-0.05, 0) is 0 Å². The molecule has 6 aromatic rings. The van der Waals surface area contributed by atoms with E-state index in [-0.39, 0.29) is 23.5 Å². The Morgan fingerprint density at radius 3 is 1.36 bits per heavy atom. The van der Waals surface area contributed by atoms with Gasteiger partial charge in [0, 0.05) is 0 Å². The van der Waals surface area contributed by atoms with E-state index < -0.39 is 24.4 Å². The van der Waals surface area contributed by atoms with E-state index in [2.05, 4.69) is 60.7 Å².